The second-order valence-corrected chi connectivity index (χ2v) is 6.99. The molecule has 1 amide bonds. The smallest absolute Gasteiger partial charge is 0.418 e. The number of carbonyl (C=O) groups is 2. The fourth-order valence-corrected chi connectivity index (χ4v) is 2.82. The molecule has 0 fully saturated rings. The number of esters is 1. The number of hydrogen-bond donors (Lipinski definition) is 1. The van der Waals surface area contributed by atoms with Crippen molar-refractivity contribution >= 4 is 40.1 Å². The molecule has 0 radical (unpaired) electrons. The lowest BCUT2D eigenvalue weighted by atomic mass is 10.1. The first-order valence-corrected chi connectivity index (χ1v) is 9.44. The van der Waals surface area contributed by atoms with E-state index in [4.69, 9.17) is 25.5 Å². The average Bonchev–Trinajstić information content (AvgIpc) is 2.72. The molecular weight excluding hydrogens is 455 g/mol. The molecule has 2 aromatic carbocycles. The van der Waals surface area contributed by atoms with Crippen LogP contribution in [0, 0.1) is 0 Å². The van der Waals surface area contributed by atoms with Crippen LogP contribution >= 0.6 is 11.6 Å². The zero-order chi connectivity index (χ0) is 23.5. The predicted octanol–water partition coefficient (Wildman–Crippen LogP) is 4.41. The van der Waals surface area contributed by atoms with Crippen molar-refractivity contribution in [3.63, 3.8) is 0 Å². The second-order valence-electron chi connectivity index (χ2n) is 6.55. The number of fused-ring (bicyclic) bond motifs is 1. The lowest BCUT2D eigenvalue weighted by Gasteiger charge is -2.17. The summed E-state index contributed by atoms with van der Waals surface area (Å²) in [6, 6.07) is 10.2. The van der Waals surface area contributed by atoms with E-state index < -0.39 is 47.6 Å². The highest BCUT2D eigenvalue weighted by molar-refractivity contribution is 6.30. The van der Waals surface area contributed by atoms with Crippen LogP contribution in [0.2, 0.25) is 5.02 Å². The highest BCUT2D eigenvalue weighted by Gasteiger charge is 2.34. The molecule has 11 heteroatoms. The summed E-state index contributed by atoms with van der Waals surface area (Å²) in [5.74, 6) is -1.70. The third-order valence-electron chi connectivity index (χ3n) is 4.17. The molecule has 0 saturated heterocycles. The van der Waals surface area contributed by atoms with Gasteiger partial charge in [-0.25, -0.2) is 9.59 Å². The van der Waals surface area contributed by atoms with Gasteiger partial charge in [0.05, 0.1) is 11.3 Å². The highest BCUT2D eigenvalue weighted by Crippen LogP contribution is 2.36. The van der Waals surface area contributed by atoms with Gasteiger partial charge in [0.1, 0.15) is 11.3 Å². The first-order valence-electron chi connectivity index (χ1n) is 9.07. The van der Waals surface area contributed by atoms with Crippen molar-refractivity contribution in [2.45, 2.75) is 19.2 Å². The molecule has 0 aliphatic carbocycles. The Bertz CT molecular complexity index is 1220. The van der Waals surface area contributed by atoms with Crippen LogP contribution in [0.25, 0.3) is 11.0 Å². The lowest BCUT2D eigenvalue weighted by Crippen LogP contribution is -2.32. The first-order chi connectivity index (χ1) is 15.0. The third-order valence-corrected chi connectivity index (χ3v) is 4.41. The van der Waals surface area contributed by atoms with Gasteiger partial charge in [0.2, 0.25) is 0 Å². The fourth-order valence-electron chi connectivity index (χ4n) is 2.65. The van der Waals surface area contributed by atoms with Gasteiger partial charge in [-0.05, 0) is 43.3 Å². The second kappa shape index (κ2) is 9.31. The Morgan fingerprint density at radius 1 is 1.12 bits per heavy atom. The van der Waals surface area contributed by atoms with E-state index in [1.807, 2.05) is 0 Å². The molecule has 0 bridgehead atoms. The summed E-state index contributed by atoms with van der Waals surface area (Å²) in [5, 5.41) is 2.56. The normalized spacial score (nSPS) is 12.3. The van der Waals surface area contributed by atoms with Crippen LogP contribution in [-0.2, 0) is 20.5 Å². The van der Waals surface area contributed by atoms with Crippen molar-refractivity contribution in [3.8, 4) is 5.75 Å². The zero-order valence-electron chi connectivity index (χ0n) is 16.4. The number of rotatable bonds is 6. The minimum atomic E-state index is -4.75. The number of carbonyl (C=O) groups excluding carboxylic acids is 2. The molecule has 0 aliphatic rings. The van der Waals surface area contributed by atoms with Crippen LogP contribution in [0.1, 0.15) is 12.5 Å². The molecule has 32 heavy (non-hydrogen) atoms. The number of amides is 1. The summed E-state index contributed by atoms with van der Waals surface area (Å²) in [7, 11) is 0. The van der Waals surface area contributed by atoms with Crippen molar-refractivity contribution in [3.05, 3.63) is 69.5 Å². The van der Waals surface area contributed by atoms with Crippen LogP contribution in [0.15, 0.2) is 57.7 Å². The minimum absolute atomic E-state index is 0.153. The summed E-state index contributed by atoms with van der Waals surface area (Å²) >= 11 is 5.60. The van der Waals surface area contributed by atoms with E-state index in [2.05, 4.69) is 5.32 Å². The van der Waals surface area contributed by atoms with Gasteiger partial charge in [0, 0.05) is 22.5 Å². The molecule has 1 unspecified atom stereocenters. The maximum absolute atomic E-state index is 13.1. The Morgan fingerprint density at radius 3 is 2.56 bits per heavy atom. The standard InChI is InChI=1S/C21H15ClF3NO6/c1-11(20(29)26-16-6-4-13(22)8-15(16)21(23,24)25)31-19(28)10-30-14-5-2-12-3-7-18(27)32-17(12)9-14/h2-9,11H,10H2,1H3,(H,26,29). The van der Waals surface area contributed by atoms with Crippen LogP contribution in [0.5, 0.6) is 5.75 Å². The number of benzene rings is 2. The van der Waals surface area contributed by atoms with E-state index in [-0.39, 0.29) is 16.4 Å². The molecule has 1 N–H and O–H groups in total. The van der Waals surface area contributed by atoms with Gasteiger partial charge in [-0.3, -0.25) is 4.79 Å². The van der Waals surface area contributed by atoms with Gasteiger partial charge in [0.15, 0.2) is 12.7 Å². The highest BCUT2D eigenvalue weighted by atomic mass is 35.5. The molecule has 0 spiro atoms. The number of anilines is 1. The summed E-state index contributed by atoms with van der Waals surface area (Å²) in [6.07, 6.45) is -6.15. The maximum Gasteiger partial charge on any atom is 0.418 e. The van der Waals surface area contributed by atoms with E-state index in [1.54, 1.807) is 12.1 Å². The first kappa shape index (κ1) is 23.1. The molecule has 168 valence electrons. The molecule has 1 aromatic heterocycles. The predicted molar refractivity (Wildman–Crippen MR) is 109 cm³/mol. The average molecular weight is 470 g/mol. The number of nitrogens with one attached hydrogen (secondary N) is 1. The van der Waals surface area contributed by atoms with Crippen LogP contribution < -0.4 is 15.7 Å². The molecule has 3 aromatic rings. The van der Waals surface area contributed by atoms with E-state index in [1.165, 1.54) is 31.2 Å². The summed E-state index contributed by atoms with van der Waals surface area (Å²) in [6.45, 7) is 0.607. The molecule has 0 saturated carbocycles. The van der Waals surface area contributed by atoms with E-state index in [0.717, 1.165) is 6.07 Å². The summed E-state index contributed by atoms with van der Waals surface area (Å²) < 4.78 is 54.6. The monoisotopic (exact) mass is 469 g/mol. The van der Waals surface area contributed by atoms with Crippen molar-refractivity contribution < 1.29 is 36.7 Å². The molecule has 0 aliphatic heterocycles. The Hall–Kier alpha value is -3.53. The number of hydrogen-bond acceptors (Lipinski definition) is 6. The molecular formula is C21H15ClF3NO6. The summed E-state index contributed by atoms with van der Waals surface area (Å²) in [4.78, 5) is 35.4. The Labute approximate surface area is 183 Å². The van der Waals surface area contributed by atoms with E-state index in [0.29, 0.717) is 11.5 Å². The Morgan fingerprint density at radius 2 is 1.84 bits per heavy atom. The maximum atomic E-state index is 13.1. The fraction of sp³-hybridized carbons (Fsp3) is 0.190. The number of halogens is 4. The molecule has 7 nitrogen and oxygen atoms in total. The topological polar surface area (TPSA) is 94.8 Å². The van der Waals surface area contributed by atoms with Crippen LogP contribution in [0.4, 0.5) is 18.9 Å². The van der Waals surface area contributed by atoms with Crippen LogP contribution in [-0.4, -0.2) is 24.6 Å². The van der Waals surface area contributed by atoms with Crippen molar-refractivity contribution in [2.24, 2.45) is 0 Å². The quantitative estimate of drug-likeness (QED) is 0.424. The molecule has 1 heterocycles. The lowest BCUT2D eigenvalue weighted by molar-refractivity contribution is -0.155. The van der Waals surface area contributed by atoms with Gasteiger partial charge >= 0.3 is 17.8 Å². The third kappa shape index (κ3) is 5.79. The van der Waals surface area contributed by atoms with Crippen molar-refractivity contribution in [2.75, 3.05) is 11.9 Å². The molecule has 3 rings (SSSR count). The Balaban J connectivity index is 1.59. The van der Waals surface area contributed by atoms with Crippen molar-refractivity contribution in [1.82, 2.24) is 0 Å². The Kier molecular flexibility index (Phi) is 6.73. The zero-order valence-corrected chi connectivity index (χ0v) is 17.1. The largest absolute Gasteiger partial charge is 0.482 e. The van der Waals surface area contributed by atoms with E-state index in [9.17, 15) is 27.6 Å². The van der Waals surface area contributed by atoms with Gasteiger partial charge in [-0.1, -0.05) is 11.6 Å². The van der Waals surface area contributed by atoms with E-state index >= 15 is 0 Å². The SMILES string of the molecule is CC(OC(=O)COc1ccc2ccc(=O)oc2c1)C(=O)Nc1ccc(Cl)cc1C(F)(F)F. The minimum Gasteiger partial charge on any atom is -0.482 e. The molecule has 1 atom stereocenters. The van der Waals surface area contributed by atoms with Gasteiger partial charge in [0.25, 0.3) is 5.91 Å². The number of alkyl halides is 3. The van der Waals surface area contributed by atoms with Gasteiger partial charge in [-0.15, -0.1) is 0 Å². The van der Waals surface area contributed by atoms with Gasteiger partial charge in [-0.2, -0.15) is 13.2 Å². The number of ether oxygens (including phenoxy) is 2. The van der Waals surface area contributed by atoms with Crippen LogP contribution in [0.3, 0.4) is 0 Å². The van der Waals surface area contributed by atoms with Crippen molar-refractivity contribution in [1.29, 1.82) is 0 Å². The van der Waals surface area contributed by atoms with Gasteiger partial charge < -0.3 is 19.2 Å². The summed E-state index contributed by atoms with van der Waals surface area (Å²) in [5.41, 5.74) is -1.96.